The maximum atomic E-state index is 11.6. The summed E-state index contributed by atoms with van der Waals surface area (Å²) < 4.78 is 10.7. The molecule has 2 atom stereocenters. The zero-order valence-corrected chi connectivity index (χ0v) is 11.3. The first-order valence-electron chi connectivity index (χ1n) is 6.06. The number of nitrogens with zero attached hydrogens (tertiary/aromatic N) is 1. The van der Waals surface area contributed by atoms with Crippen LogP contribution >= 0.6 is 11.6 Å². The van der Waals surface area contributed by atoms with Crippen LogP contribution in [0.3, 0.4) is 0 Å². The van der Waals surface area contributed by atoms with E-state index in [-0.39, 0.29) is 25.4 Å². The largest absolute Gasteiger partial charge is 0.490 e. The Morgan fingerprint density at radius 2 is 2.42 bits per heavy atom. The fourth-order valence-corrected chi connectivity index (χ4v) is 2.01. The van der Waals surface area contributed by atoms with Crippen LogP contribution in [0.5, 0.6) is 5.75 Å². The molecule has 0 radical (unpaired) electrons. The second-order valence-corrected chi connectivity index (χ2v) is 4.89. The Kier molecular flexibility index (Phi) is 4.50. The molecule has 0 unspecified atom stereocenters. The molecule has 0 spiro atoms. The van der Waals surface area contributed by atoms with E-state index in [4.69, 9.17) is 26.2 Å². The van der Waals surface area contributed by atoms with Gasteiger partial charge in [-0.2, -0.15) is 0 Å². The summed E-state index contributed by atoms with van der Waals surface area (Å²) in [6.07, 6.45) is -0.748. The van der Waals surface area contributed by atoms with Gasteiger partial charge in [0, 0.05) is 5.02 Å². The van der Waals surface area contributed by atoms with Gasteiger partial charge in [0.25, 0.3) is 0 Å². The van der Waals surface area contributed by atoms with E-state index in [0.717, 1.165) is 0 Å². The number of hydrogen-bond donors (Lipinski definition) is 1. The quantitative estimate of drug-likeness (QED) is 0.898. The lowest BCUT2D eigenvalue weighted by molar-refractivity contribution is 0.0997. The molecule has 1 fully saturated rings. The molecule has 1 heterocycles. The average molecular weight is 286 g/mol. The number of aliphatic hydroxyl groups excluding tert-OH is 1. The Bertz CT molecular complexity index is 454. The molecular formula is C13H16ClNO4. The Labute approximate surface area is 116 Å². The Balaban J connectivity index is 1.86. The summed E-state index contributed by atoms with van der Waals surface area (Å²) in [5.74, 6) is 0.636. The topological polar surface area (TPSA) is 59.0 Å². The van der Waals surface area contributed by atoms with Gasteiger partial charge in [-0.15, -0.1) is 0 Å². The Hall–Kier alpha value is -1.46. The third-order valence-electron chi connectivity index (χ3n) is 2.93. The number of halogens is 1. The van der Waals surface area contributed by atoms with E-state index in [2.05, 4.69) is 0 Å². The van der Waals surface area contributed by atoms with Crippen LogP contribution in [-0.4, -0.2) is 48.0 Å². The van der Waals surface area contributed by atoms with Gasteiger partial charge in [0.05, 0.1) is 19.2 Å². The summed E-state index contributed by atoms with van der Waals surface area (Å²) in [5.41, 5.74) is 0. The zero-order chi connectivity index (χ0) is 13.8. The monoisotopic (exact) mass is 285 g/mol. The first kappa shape index (κ1) is 14.0. The van der Waals surface area contributed by atoms with Crippen LogP contribution in [0, 0.1) is 0 Å². The van der Waals surface area contributed by atoms with Crippen LogP contribution in [0.2, 0.25) is 5.02 Å². The molecule has 5 nitrogen and oxygen atoms in total. The van der Waals surface area contributed by atoms with Crippen LogP contribution in [0.4, 0.5) is 4.79 Å². The van der Waals surface area contributed by atoms with Crippen LogP contribution in [0.15, 0.2) is 24.3 Å². The molecule has 1 aromatic carbocycles. The number of ether oxygens (including phenoxy) is 2. The van der Waals surface area contributed by atoms with E-state index in [0.29, 0.717) is 17.3 Å². The third-order valence-corrected chi connectivity index (χ3v) is 3.17. The summed E-state index contributed by atoms with van der Waals surface area (Å²) in [6.45, 7) is 2.36. The van der Waals surface area contributed by atoms with Gasteiger partial charge in [-0.25, -0.2) is 4.79 Å². The highest BCUT2D eigenvalue weighted by Crippen LogP contribution is 2.19. The summed E-state index contributed by atoms with van der Waals surface area (Å²) in [4.78, 5) is 13.1. The molecule has 0 bridgehead atoms. The number of benzene rings is 1. The number of cyclic esters (lactones) is 1. The van der Waals surface area contributed by atoms with Crippen molar-refractivity contribution >= 4 is 17.7 Å². The van der Waals surface area contributed by atoms with E-state index in [1.54, 1.807) is 31.2 Å². The van der Waals surface area contributed by atoms with Crippen LogP contribution in [-0.2, 0) is 4.74 Å². The minimum Gasteiger partial charge on any atom is -0.490 e. The van der Waals surface area contributed by atoms with Crippen molar-refractivity contribution in [1.29, 1.82) is 0 Å². The van der Waals surface area contributed by atoms with Crippen molar-refractivity contribution in [1.82, 2.24) is 4.90 Å². The van der Waals surface area contributed by atoms with Crippen molar-refractivity contribution in [3.8, 4) is 5.75 Å². The molecule has 0 aromatic heterocycles. The van der Waals surface area contributed by atoms with Gasteiger partial charge in [-0.1, -0.05) is 17.7 Å². The van der Waals surface area contributed by atoms with Crippen molar-refractivity contribution in [3.05, 3.63) is 29.3 Å². The normalized spacial score (nSPS) is 20.3. The van der Waals surface area contributed by atoms with Crippen LogP contribution < -0.4 is 4.74 Å². The predicted molar refractivity (Wildman–Crippen MR) is 70.5 cm³/mol. The molecule has 19 heavy (non-hydrogen) atoms. The van der Waals surface area contributed by atoms with Gasteiger partial charge in [0.1, 0.15) is 12.4 Å². The van der Waals surface area contributed by atoms with Crippen molar-refractivity contribution in [3.63, 3.8) is 0 Å². The number of hydrogen-bond acceptors (Lipinski definition) is 4. The molecule has 0 saturated carbocycles. The minimum atomic E-state index is -0.416. The van der Waals surface area contributed by atoms with Gasteiger partial charge in [-0.05, 0) is 25.1 Å². The maximum Gasteiger partial charge on any atom is 0.410 e. The van der Waals surface area contributed by atoms with Gasteiger partial charge < -0.3 is 14.6 Å². The fraction of sp³-hybridized carbons (Fsp3) is 0.462. The van der Waals surface area contributed by atoms with Crippen molar-refractivity contribution in [2.24, 2.45) is 0 Å². The lowest BCUT2D eigenvalue weighted by atomic mass is 10.3. The highest BCUT2D eigenvalue weighted by molar-refractivity contribution is 6.30. The molecule has 1 saturated heterocycles. The maximum absolute atomic E-state index is 11.6. The second-order valence-electron chi connectivity index (χ2n) is 4.46. The lowest BCUT2D eigenvalue weighted by Gasteiger charge is -2.19. The molecular weight excluding hydrogens is 270 g/mol. The molecule has 1 aromatic rings. The molecule has 2 rings (SSSR count). The van der Waals surface area contributed by atoms with Gasteiger partial charge in [-0.3, -0.25) is 4.90 Å². The summed E-state index contributed by atoms with van der Waals surface area (Å²) in [6, 6.07) is 6.79. The van der Waals surface area contributed by atoms with Gasteiger partial charge in [0.15, 0.2) is 6.10 Å². The summed E-state index contributed by atoms with van der Waals surface area (Å²) in [7, 11) is 0. The highest BCUT2D eigenvalue weighted by Gasteiger charge is 2.34. The van der Waals surface area contributed by atoms with E-state index in [1.165, 1.54) is 4.90 Å². The SMILES string of the molecule is C[C@H](CO)N1C[C@@H](COc2cccc(Cl)c2)OC1=O. The number of aliphatic hydroxyl groups is 1. The fourth-order valence-electron chi connectivity index (χ4n) is 1.83. The molecule has 104 valence electrons. The van der Waals surface area contributed by atoms with Crippen molar-refractivity contribution in [2.75, 3.05) is 19.8 Å². The molecule has 0 aliphatic carbocycles. The van der Waals surface area contributed by atoms with Crippen LogP contribution in [0.25, 0.3) is 0 Å². The number of carbonyl (C=O) groups is 1. The number of amides is 1. The van der Waals surface area contributed by atoms with Crippen LogP contribution in [0.1, 0.15) is 6.92 Å². The smallest absolute Gasteiger partial charge is 0.410 e. The number of rotatable bonds is 5. The predicted octanol–water partition coefficient (Wildman–Crippen LogP) is 1.92. The average Bonchev–Trinajstić information content (AvgIpc) is 2.77. The third kappa shape index (κ3) is 3.52. The van der Waals surface area contributed by atoms with E-state index in [9.17, 15) is 4.79 Å². The van der Waals surface area contributed by atoms with E-state index in [1.807, 2.05) is 0 Å². The highest BCUT2D eigenvalue weighted by atomic mass is 35.5. The first-order valence-corrected chi connectivity index (χ1v) is 6.44. The molecule has 1 N–H and O–H groups in total. The first-order chi connectivity index (χ1) is 9.10. The second kappa shape index (κ2) is 6.12. The molecule has 6 heteroatoms. The minimum absolute atomic E-state index is 0.0863. The molecule has 1 aliphatic heterocycles. The van der Waals surface area contributed by atoms with Gasteiger partial charge in [0.2, 0.25) is 0 Å². The molecule has 1 amide bonds. The Morgan fingerprint density at radius 3 is 3.11 bits per heavy atom. The Morgan fingerprint density at radius 1 is 1.63 bits per heavy atom. The van der Waals surface area contributed by atoms with Gasteiger partial charge >= 0.3 is 6.09 Å². The zero-order valence-electron chi connectivity index (χ0n) is 10.6. The molecule has 1 aliphatic rings. The standard InChI is InChI=1S/C13H16ClNO4/c1-9(7-16)15-6-12(19-13(15)17)8-18-11-4-2-3-10(14)5-11/h2-5,9,12,16H,6-8H2,1H3/t9-,12+/m1/s1. The lowest BCUT2D eigenvalue weighted by Crippen LogP contribution is -2.37. The van der Waals surface area contributed by atoms with Crippen molar-refractivity contribution < 1.29 is 19.4 Å². The number of carbonyl (C=O) groups excluding carboxylic acids is 1. The van der Waals surface area contributed by atoms with E-state index >= 15 is 0 Å². The van der Waals surface area contributed by atoms with E-state index < -0.39 is 6.09 Å². The van der Waals surface area contributed by atoms with Crippen molar-refractivity contribution in [2.45, 2.75) is 19.1 Å². The summed E-state index contributed by atoms with van der Waals surface area (Å²) in [5, 5.41) is 9.64. The summed E-state index contributed by atoms with van der Waals surface area (Å²) >= 11 is 5.85.